The first-order valence-corrected chi connectivity index (χ1v) is 8.24. The van der Waals surface area contributed by atoms with Crippen molar-refractivity contribution in [3.05, 3.63) is 60.6 Å². The Morgan fingerprint density at radius 2 is 1.92 bits per heavy atom. The molecule has 3 aromatic rings. The fraction of sp³-hybridized carbons (Fsp3) is 0.111. The molecule has 24 heavy (non-hydrogen) atoms. The quantitative estimate of drug-likeness (QED) is 0.537. The molecule has 0 saturated heterocycles. The number of thiazole rings is 1. The van der Waals surface area contributed by atoms with Crippen LogP contribution in [0.3, 0.4) is 0 Å². The van der Waals surface area contributed by atoms with Gasteiger partial charge < -0.3 is 14.2 Å². The van der Waals surface area contributed by atoms with Crippen molar-refractivity contribution in [1.29, 1.82) is 0 Å². The van der Waals surface area contributed by atoms with Gasteiger partial charge in [-0.05, 0) is 24.3 Å². The number of esters is 1. The van der Waals surface area contributed by atoms with Crippen molar-refractivity contribution < 1.29 is 19.0 Å². The Morgan fingerprint density at radius 1 is 1.08 bits per heavy atom. The van der Waals surface area contributed by atoms with Gasteiger partial charge in [0.2, 0.25) is 5.76 Å². The van der Waals surface area contributed by atoms with Gasteiger partial charge in [-0.15, -0.1) is 11.3 Å². The molecule has 0 N–H and O–H groups in total. The highest BCUT2D eigenvalue weighted by Crippen LogP contribution is 2.35. The van der Waals surface area contributed by atoms with Crippen molar-refractivity contribution in [3.8, 4) is 16.3 Å². The van der Waals surface area contributed by atoms with Gasteiger partial charge >= 0.3 is 5.97 Å². The number of fused-ring (bicyclic) bond motifs is 1. The average molecular weight is 339 g/mol. The molecule has 0 spiro atoms. The Kier molecular flexibility index (Phi) is 3.88. The van der Waals surface area contributed by atoms with E-state index in [1.807, 2.05) is 42.5 Å². The summed E-state index contributed by atoms with van der Waals surface area (Å²) in [7, 11) is 0. The number of nitrogens with zero attached hydrogens (tertiary/aromatic N) is 1. The number of carbonyl (C=O) groups excluding carboxylic acids is 1. The lowest BCUT2D eigenvalue weighted by molar-refractivity contribution is -0.135. The lowest BCUT2D eigenvalue weighted by Crippen LogP contribution is -2.19. The molecule has 0 saturated carbocycles. The SMILES string of the molecule is O=C(Oc1ccccc1-c1nc2ccccc2s1)C1=COCCO1. The third-order valence-corrected chi connectivity index (χ3v) is 4.53. The normalized spacial score (nSPS) is 13.8. The molecule has 0 amide bonds. The maximum atomic E-state index is 12.2. The largest absolute Gasteiger partial charge is 0.493 e. The highest BCUT2D eigenvalue weighted by atomic mass is 32.1. The Hall–Kier alpha value is -2.86. The zero-order chi connectivity index (χ0) is 16.4. The number of hydrogen-bond acceptors (Lipinski definition) is 6. The van der Waals surface area contributed by atoms with Gasteiger partial charge in [-0.3, -0.25) is 0 Å². The Labute approximate surface area is 142 Å². The Balaban J connectivity index is 1.67. The van der Waals surface area contributed by atoms with E-state index in [4.69, 9.17) is 14.2 Å². The van der Waals surface area contributed by atoms with Crippen LogP contribution in [-0.2, 0) is 14.3 Å². The molecule has 1 aliphatic rings. The van der Waals surface area contributed by atoms with Crippen molar-refractivity contribution in [3.63, 3.8) is 0 Å². The smallest absolute Gasteiger partial charge is 0.382 e. The number of carbonyl (C=O) groups is 1. The van der Waals surface area contributed by atoms with Gasteiger partial charge in [-0.25, -0.2) is 9.78 Å². The van der Waals surface area contributed by atoms with E-state index >= 15 is 0 Å². The molecule has 1 aromatic heterocycles. The van der Waals surface area contributed by atoms with Crippen molar-refractivity contribution in [2.45, 2.75) is 0 Å². The summed E-state index contributed by atoms with van der Waals surface area (Å²) in [6, 6.07) is 15.2. The number of rotatable bonds is 3. The molecular weight excluding hydrogens is 326 g/mol. The molecule has 0 unspecified atom stereocenters. The highest BCUT2D eigenvalue weighted by Gasteiger charge is 2.20. The van der Waals surface area contributed by atoms with Crippen LogP contribution in [0.5, 0.6) is 5.75 Å². The van der Waals surface area contributed by atoms with E-state index in [9.17, 15) is 4.79 Å². The summed E-state index contributed by atoms with van der Waals surface area (Å²) < 4.78 is 16.9. The van der Waals surface area contributed by atoms with Gasteiger partial charge in [0, 0.05) is 0 Å². The van der Waals surface area contributed by atoms with Crippen LogP contribution >= 0.6 is 11.3 Å². The second-order valence-electron chi connectivity index (χ2n) is 5.07. The van der Waals surface area contributed by atoms with Crippen LogP contribution in [0.1, 0.15) is 0 Å². The molecule has 0 bridgehead atoms. The molecule has 2 heterocycles. The van der Waals surface area contributed by atoms with E-state index in [0.717, 1.165) is 20.8 Å². The molecule has 0 radical (unpaired) electrons. The first-order chi connectivity index (χ1) is 11.8. The number of aromatic nitrogens is 1. The van der Waals surface area contributed by atoms with Gasteiger partial charge in [-0.1, -0.05) is 24.3 Å². The van der Waals surface area contributed by atoms with Gasteiger partial charge in [0.05, 0.1) is 15.8 Å². The van der Waals surface area contributed by atoms with E-state index in [2.05, 4.69) is 4.98 Å². The fourth-order valence-corrected chi connectivity index (χ4v) is 3.34. The molecule has 5 nitrogen and oxygen atoms in total. The zero-order valence-corrected chi connectivity index (χ0v) is 13.4. The summed E-state index contributed by atoms with van der Waals surface area (Å²) in [5.74, 6) is -0.0692. The molecule has 1 aliphatic heterocycles. The van der Waals surface area contributed by atoms with Crippen molar-refractivity contribution >= 4 is 27.5 Å². The molecule has 2 aromatic carbocycles. The maximum absolute atomic E-state index is 12.2. The highest BCUT2D eigenvalue weighted by molar-refractivity contribution is 7.21. The van der Waals surface area contributed by atoms with E-state index in [-0.39, 0.29) is 5.76 Å². The predicted molar refractivity (Wildman–Crippen MR) is 90.7 cm³/mol. The Bertz CT molecular complexity index is 898. The summed E-state index contributed by atoms with van der Waals surface area (Å²) in [5.41, 5.74) is 1.69. The van der Waals surface area contributed by atoms with Gasteiger partial charge in [-0.2, -0.15) is 0 Å². The standard InChI is InChI=1S/C18H13NO4S/c20-18(15-11-21-9-10-22-15)23-14-7-3-1-5-12(14)17-19-13-6-2-4-8-16(13)24-17/h1-8,11H,9-10H2. The molecule has 4 rings (SSSR count). The lowest BCUT2D eigenvalue weighted by Gasteiger charge is -2.15. The van der Waals surface area contributed by atoms with Crippen molar-refractivity contribution in [2.24, 2.45) is 0 Å². The third-order valence-electron chi connectivity index (χ3n) is 3.46. The summed E-state index contributed by atoms with van der Waals surface area (Å²) in [5, 5.41) is 0.800. The minimum absolute atomic E-state index is 0.0698. The first kappa shape index (κ1) is 14.7. The summed E-state index contributed by atoms with van der Waals surface area (Å²) >= 11 is 1.55. The second kappa shape index (κ2) is 6.33. The first-order valence-electron chi connectivity index (χ1n) is 7.43. The second-order valence-corrected chi connectivity index (χ2v) is 6.10. The number of hydrogen-bond donors (Lipinski definition) is 0. The van der Waals surface area contributed by atoms with Gasteiger partial charge in [0.25, 0.3) is 0 Å². The molecule has 120 valence electrons. The monoisotopic (exact) mass is 339 g/mol. The predicted octanol–water partition coefficient (Wildman–Crippen LogP) is 3.76. The maximum Gasteiger partial charge on any atom is 0.382 e. The van der Waals surface area contributed by atoms with E-state index < -0.39 is 5.97 Å². The molecule has 0 aliphatic carbocycles. The fourth-order valence-electron chi connectivity index (χ4n) is 2.35. The van der Waals surface area contributed by atoms with Crippen LogP contribution in [0.25, 0.3) is 20.8 Å². The van der Waals surface area contributed by atoms with Gasteiger partial charge in [0.15, 0.2) is 0 Å². The summed E-state index contributed by atoms with van der Waals surface area (Å²) in [4.78, 5) is 16.8. The summed E-state index contributed by atoms with van der Waals surface area (Å²) in [6.07, 6.45) is 1.28. The minimum Gasteiger partial charge on any atom is -0.493 e. The summed E-state index contributed by atoms with van der Waals surface area (Å²) in [6.45, 7) is 0.763. The average Bonchev–Trinajstić information content (AvgIpc) is 3.07. The molecular formula is C18H13NO4S. The van der Waals surface area contributed by atoms with Crippen LogP contribution < -0.4 is 4.74 Å². The third kappa shape index (κ3) is 2.83. The number of para-hydroxylation sites is 2. The Morgan fingerprint density at radius 3 is 2.75 bits per heavy atom. The van der Waals surface area contributed by atoms with E-state index in [1.165, 1.54) is 6.26 Å². The van der Waals surface area contributed by atoms with E-state index in [0.29, 0.717) is 19.0 Å². The van der Waals surface area contributed by atoms with E-state index in [1.54, 1.807) is 17.4 Å². The van der Waals surface area contributed by atoms with Crippen molar-refractivity contribution in [2.75, 3.05) is 13.2 Å². The number of benzene rings is 2. The van der Waals surface area contributed by atoms with Crippen LogP contribution in [0.2, 0.25) is 0 Å². The molecule has 6 heteroatoms. The minimum atomic E-state index is -0.580. The lowest BCUT2D eigenvalue weighted by atomic mass is 10.2. The van der Waals surface area contributed by atoms with Crippen LogP contribution in [0.4, 0.5) is 0 Å². The van der Waals surface area contributed by atoms with Crippen LogP contribution in [0, 0.1) is 0 Å². The topological polar surface area (TPSA) is 57.7 Å². The zero-order valence-electron chi connectivity index (χ0n) is 12.6. The molecule has 0 atom stereocenters. The van der Waals surface area contributed by atoms with Crippen molar-refractivity contribution in [1.82, 2.24) is 4.98 Å². The number of ether oxygens (including phenoxy) is 3. The molecule has 0 fully saturated rings. The van der Waals surface area contributed by atoms with Crippen LogP contribution in [-0.4, -0.2) is 24.2 Å². The van der Waals surface area contributed by atoms with Crippen LogP contribution in [0.15, 0.2) is 60.6 Å². The van der Waals surface area contributed by atoms with Gasteiger partial charge in [0.1, 0.15) is 30.2 Å².